The zero-order valence-electron chi connectivity index (χ0n) is 28.2. The number of amides is 5. The van der Waals surface area contributed by atoms with Crippen molar-refractivity contribution in [1.82, 2.24) is 20.9 Å². The van der Waals surface area contributed by atoms with Crippen molar-refractivity contribution in [2.45, 2.75) is 96.0 Å². The van der Waals surface area contributed by atoms with Gasteiger partial charge < -0.3 is 40.8 Å². The maximum absolute atomic E-state index is 13.9. The number of methoxy groups -OCH3 is 1. The second-order valence-electron chi connectivity index (χ2n) is 12.4. The van der Waals surface area contributed by atoms with Crippen LogP contribution in [0.4, 0.5) is 4.79 Å². The number of likely N-dealkylation sites (tertiary alicyclic amines) is 1. The Balaban J connectivity index is 1.76. The number of esters is 2. The summed E-state index contributed by atoms with van der Waals surface area (Å²) >= 11 is 0. The number of carbonyl (C=O) groups is 7. The van der Waals surface area contributed by atoms with Crippen LogP contribution in [0.3, 0.4) is 0 Å². The minimum Gasteiger partial charge on any atom is -0.467 e. The molecule has 0 aromatic heterocycles. The molecule has 0 aliphatic carbocycles. The van der Waals surface area contributed by atoms with Crippen LogP contribution in [-0.2, 0) is 49.6 Å². The summed E-state index contributed by atoms with van der Waals surface area (Å²) in [5, 5.41) is 7.88. The van der Waals surface area contributed by atoms with E-state index in [9.17, 15) is 33.6 Å². The lowest BCUT2D eigenvalue weighted by atomic mass is 10.0. The van der Waals surface area contributed by atoms with E-state index in [2.05, 4.69) is 16.0 Å². The lowest BCUT2D eigenvalue weighted by molar-refractivity contribution is -0.147. The first-order valence-corrected chi connectivity index (χ1v) is 16.5. The molecule has 2 aliphatic heterocycles. The molecule has 49 heavy (non-hydrogen) atoms. The van der Waals surface area contributed by atoms with Crippen LogP contribution < -0.4 is 21.7 Å². The van der Waals surface area contributed by atoms with Crippen LogP contribution in [0.2, 0.25) is 0 Å². The number of cyclic esters (lactones) is 1. The van der Waals surface area contributed by atoms with Gasteiger partial charge in [0.05, 0.1) is 13.7 Å². The number of primary amides is 1. The summed E-state index contributed by atoms with van der Waals surface area (Å²) in [7, 11) is 1.23. The molecular formula is C34H47N5O10. The van der Waals surface area contributed by atoms with Gasteiger partial charge in [0.1, 0.15) is 30.8 Å². The fraction of sp³-hybridized carbons (Fsp3) is 0.559. The fourth-order valence-electron chi connectivity index (χ4n) is 5.65. The summed E-state index contributed by atoms with van der Waals surface area (Å²) in [4.78, 5) is 91.0. The molecular weight excluding hydrogens is 638 g/mol. The maximum atomic E-state index is 13.9. The van der Waals surface area contributed by atoms with E-state index in [4.69, 9.17) is 19.9 Å². The Morgan fingerprint density at radius 2 is 1.76 bits per heavy atom. The van der Waals surface area contributed by atoms with Crippen molar-refractivity contribution in [3.05, 3.63) is 47.5 Å². The molecule has 2 fully saturated rings. The lowest BCUT2D eigenvalue weighted by Crippen LogP contribution is -2.57. The number of nitrogens with zero attached hydrogens (tertiary/aromatic N) is 1. The SMILES string of the molecule is COC(=O)[C@H](CC(C)C)NC(=O)[C@@H]1CCCN1C(=O)[C@H](CCC(N)=O)NC(=O)[C@H](CCC=C1CCOC1=O)NC(=O)OCc1ccccc1. The van der Waals surface area contributed by atoms with E-state index in [0.29, 0.717) is 31.3 Å². The summed E-state index contributed by atoms with van der Waals surface area (Å²) in [5.41, 5.74) is 6.57. The van der Waals surface area contributed by atoms with Gasteiger partial charge in [0, 0.05) is 25.0 Å². The number of rotatable bonds is 17. The van der Waals surface area contributed by atoms with Gasteiger partial charge in [-0.2, -0.15) is 0 Å². The Bertz CT molecular complexity index is 1380. The van der Waals surface area contributed by atoms with Crippen molar-refractivity contribution >= 4 is 41.7 Å². The summed E-state index contributed by atoms with van der Waals surface area (Å²) in [5.74, 6) is -3.58. The molecule has 0 spiro atoms. The highest BCUT2D eigenvalue weighted by Crippen LogP contribution is 2.21. The fourth-order valence-corrected chi connectivity index (χ4v) is 5.65. The number of carbonyl (C=O) groups excluding carboxylic acids is 7. The number of nitrogens with one attached hydrogen (secondary N) is 3. The van der Waals surface area contributed by atoms with Crippen molar-refractivity contribution in [2.24, 2.45) is 11.7 Å². The van der Waals surface area contributed by atoms with Crippen LogP contribution in [0.25, 0.3) is 0 Å². The average Bonchev–Trinajstić information content (AvgIpc) is 3.73. The number of allylic oxidation sites excluding steroid dienone is 1. The van der Waals surface area contributed by atoms with Crippen LogP contribution >= 0.6 is 0 Å². The highest BCUT2D eigenvalue weighted by Gasteiger charge is 2.39. The second-order valence-corrected chi connectivity index (χ2v) is 12.4. The Labute approximate surface area is 285 Å². The predicted molar refractivity (Wildman–Crippen MR) is 175 cm³/mol. The van der Waals surface area contributed by atoms with E-state index in [0.717, 1.165) is 5.56 Å². The quantitative estimate of drug-likeness (QED) is 0.105. The third-order valence-electron chi connectivity index (χ3n) is 8.18. The summed E-state index contributed by atoms with van der Waals surface area (Å²) in [6.45, 7) is 4.19. The van der Waals surface area contributed by atoms with Gasteiger partial charge in [-0.25, -0.2) is 14.4 Å². The topological polar surface area (TPSA) is 213 Å². The van der Waals surface area contributed by atoms with E-state index in [1.807, 2.05) is 19.9 Å². The van der Waals surface area contributed by atoms with E-state index in [-0.39, 0.29) is 51.4 Å². The van der Waals surface area contributed by atoms with Gasteiger partial charge >= 0.3 is 18.0 Å². The highest BCUT2D eigenvalue weighted by atomic mass is 16.5. The Hall–Kier alpha value is -4.95. The summed E-state index contributed by atoms with van der Waals surface area (Å²) in [6, 6.07) is 4.62. The molecule has 0 radical (unpaired) electrons. The maximum Gasteiger partial charge on any atom is 0.408 e. The minimum absolute atomic E-state index is 0.0410. The molecule has 15 nitrogen and oxygen atoms in total. The molecule has 15 heteroatoms. The van der Waals surface area contributed by atoms with Crippen LogP contribution in [0.15, 0.2) is 42.0 Å². The van der Waals surface area contributed by atoms with E-state index in [1.54, 1.807) is 30.3 Å². The van der Waals surface area contributed by atoms with E-state index in [1.165, 1.54) is 12.0 Å². The molecule has 5 amide bonds. The van der Waals surface area contributed by atoms with Crippen molar-refractivity contribution < 1.29 is 47.8 Å². The molecule has 1 aromatic carbocycles. The molecule has 0 unspecified atom stereocenters. The van der Waals surface area contributed by atoms with Crippen LogP contribution in [0.5, 0.6) is 0 Å². The first-order valence-electron chi connectivity index (χ1n) is 16.5. The molecule has 4 atom stereocenters. The number of ether oxygens (including phenoxy) is 3. The molecule has 0 saturated carbocycles. The number of hydrogen-bond acceptors (Lipinski definition) is 10. The second kappa shape index (κ2) is 19.1. The molecule has 5 N–H and O–H groups in total. The van der Waals surface area contributed by atoms with E-state index >= 15 is 0 Å². The number of benzene rings is 1. The minimum atomic E-state index is -1.27. The molecule has 268 valence electrons. The average molecular weight is 686 g/mol. The van der Waals surface area contributed by atoms with Crippen molar-refractivity contribution in [2.75, 3.05) is 20.3 Å². The van der Waals surface area contributed by atoms with Crippen molar-refractivity contribution in [3.8, 4) is 0 Å². The van der Waals surface area contributed by atoms with E-state index < -0.39 is 65.8 Å². The summed E-state index contributed by atoms with van der Waals surface area (Å²) < 4.78 is 15.1. The van der Waals surface area contributed by atoms with Crippen LogP contribution in [0.1, 0.15) is 70.8 Å². The third-order valence-corrected chi connectivity index (χ3v) is 8.18. The molecule has 2 heterocycles. The molecule has 3 rings (SSSR count). The zero-order valence-corrected chi connectivity index (χ0v) is 28.2. The molecule has 0 bridgehead atoms. The molecule has 1 aromatic rings. The molecule has 2 aliphatic rings. The van der Waals surface area contributed by atoms with Crippen LogP contribution in [0, 0.1) is 5.92 Å². The van der Waals surface area contributed by atoms with Gasteiger partial charge in [-0.1, -0.05) is 50.3 Å². The van der Waals surface area contributed by atoms with Gasteiger partial charge in [-0.15, -0.1) is 0 Å². The smallest absolute Gasteiger partial charge is 0.408 e. The Morgan fingerprint density at radius 3 is 2.39 bits per heavy atom. The number of alkyl carbamates (subject to hydrolysis) is 1. The van der Waals surface area contributed by atoms with Gasteiger partial charge in [0.2, 0.25) is 23.6 Å². The zero-order chi connectivity index (χ0) is 35.9. The number of nitrogens with two attached hydrogens (primary N) is 1. The highest BCUT2D eigenvalue weighted by molar-refractivity contribution is 5.95. The normalized spacial score (nSPS) is 18.3. The first-order chi connectivity index (χ1) is 23.4. The van der Waals surface area contributed by atoms with Gasteiger partial charge in [-0.05, 0) is 50.0 Å². The number of hydrogen-bond donors (Lipinski definition) is 4. The van der Waals surface area contributed by atoms with Gasteiger partial charge in [0.15, 0.2) is 0 Å². The first kappa shape index (κ1) is 38.5. The standard InChI is InChI=1S/C34H47N5O10/c1-21(2)19-26(33(45)47-3)37-30(42)27-13-8-17-39(27)31(43)25(14-15-28(35)40)36-29(41)24(12-7-11-23-16-18-48-32(23)44)38-34(46)49-20-22-9-5-4-6-10-22/h4-6,9-11,21,24-27H,7-8,12-20H2,1-3H3,(H2,35,40)(H,36,41)(H,37,42)(H,38,46)/t24-,25-,26-,27-/m0/s1. The van der Waals surface area contributed by atoms with Gasteiger partial charge in [-0.3, -0.25) is 19.2 Å². The van der Waals surface area contributed by atoms with Gasteiger partial charge in [0.25, 0.3) is 0 Å². The van der Waals surface area contributed by atoms with Crippen LogP contribution in [-0.4, -0.2) is 91.0 Å². The molecule has 2 saturated heterocycles. The largest absolute Gasteiger partial charge is 0.467 e. The summed E-state index contributed by atoms with van der Waals surface area (Å²) in [6.07, 6.45) is 2.17. The monoisotopic (exact) mass is 685 g/mol. The Morgan fingerprint density at radius 1 is 1.02 bits per heavy atom. The lowest BCUT2D eigenvalue weighted by Gasteiger charge is -2.30. The third kappa shape index (κ3) is 12.2. The Kier molecular flexibility index (Phi) is 15.0. The van der Waals surface area contributed by atoms with Crippen molar-refractivity contribution in [3.63, 3.8) is 0 Å². The van der Waals surface area contributed by atoms with Crippen molar-refractivity contribution in [1.29, 1.82) is 0 Å². The predicted octanol–water partition coefficient (Wildman–Crippen LogP) is 1.38.